The molecule has 150 valence electrons. The van der Waals surface area contributed by atoms with Crippen molar-refractivity contribution in [2.45, 2.75) is 51.1 Å². The van der Waals surface area contributed by atoms with E-state index in [9.17, 15) is 9.59 Å². The summed E-state index contributed by atoms with van der Waals surface area (Å²) >= 11 is 6.23. The average molecular weight is 410 g/mol. The van der Waals surface area contributed by atoms with E-state index < -0.39 is 5.69 Å². The SMILES string of the molecule is O=C(Cn1c(=O)nc(-c2ccccc2)c2cc(Cl)ccc21)NC1CCCCCC1. The van der Waals surface area contributed by atoms with Gasteiger partial charge in [0.15, 0.2) is 0 Å². The number of aromatic nitrogens is 2. The Morgan fingerprint density at radius 3 is 2.52 bits per heavy atom. The second kappa shape index (κ2) is 8.78. The quantitative estimate of drug-likeness (QED) is 0.642. The highest BCUT2D eigenvalue weighted by Crippen LogP contribution is 2.27. The zero-order valence-electron chi connectivity index (χ0n) is 16.2. The molecule has 0 aliphatic heterocycles. The molecule has 3 aromatic rings. The van der Waals surface area contributed by atoms with Gasteiger partial charge in [0.05, 0.1) is 11.2 Å². The van der Waals surface area contributed by atoms with Crippen molar-refractivity contribution in [2.24, 2.45) is 0 Å². The maximum absolute atomic E-state index is 12.8. The van der Waals surface area contributed by atoms with E-state index in [1.54, 1.807) is 18.2 Å². The lowest BCUT2D eigenvalue weighted by molar-refractivity contribution is -0.122. The molecule has 1 aromatic heterocycles. The molecule has 1 fully saturated rings. The molecule has 6 heteroatoms. The molecule has 0 radical (unpaired) electrons. The Morgan fingerprint density at radius 1 is 1.07 bits per heavy atom. The van der Waals surface area contributed by atoms with Gasteiger partial charge in [-0.15, -0.1) is 0 Å². The molecule has 1 aliphatic rings. The molecule has 2 aromatic carbocycles. The summed E-state index contributed by atoms with van der Waals surface area (Å²) in [6.45, 7) is -0.0461. The predicted molar refractivity (Wildman–Crippen MR) is 116 cm³/mol. The van der Waals surface area contributed by atoms with E-state index in [0.29, 0.717) is 16.2 Å². The van der Waals surface area contributed by atoms with Crippen LogP contribution in [-0.2, 0) is 11.3 Å². The molecule has 1 amide bonds. The smallest absolute Gasteiger partial charge is 0.349 e. The first-order valence-corrected chi connectivity index (χ1v) is 10.5. The van der Waals surface area contributed by atoms with Crippen molar-refractivity contribution in [1.29, 1.82) is 0 Å². The third kappa shape index (κ3) is 4.51. The number of fused-ring (bicyclic) bond motifs is 1. The van der Waals surface area contributed by atoms with Crippen molar-refractivity contribution >= 4 is 28.4 Å². The maximum atomic E-state index is 12.8. The number of amides is 1. The number of carbonyl (C=O) groups excluding carboxylic acids is 1. The van der Waals surface area contributed by atoms with Gasteiger partial charge in [-0.1, -0.05) is 67.6 Å². The van der Waals surface area contributed by atoms with Gasteiger partial charge in [-0.05, 0) is 31.0 Å². The van der Waals surface area contributed by atoms with Crippen LogP contribution < -0.4 is 11.0 Å². The van der Waals surface area contributed by atoms with Crippen LogP contribution in [0, 0.1) is 0 Å². The fourth-order valence-electron chi connectivity index (χ4n) is 4.06. The minimum absolute atomic E-state index is 0.0461. The van der Waals surface area contributed by atoms with Crippen LogP contribution in [0.5, 0.6) is 0 Å². The summed E-state index contributed by atoms with van der Waals surface area (Å²) in [6.07, 6.45) is 6.73. The van der Waals surface area contributed by atoms with Crippen molar-refractivity contribution in [3.63, 3.8) is 0 Å². The standard InChI is InChI=1S/C23H24ClN3O2/c24-17-12-13-20-19(14-17)22(16-8-4-3-5-9-16)26-23(29)27(20)15-21(28)25-18-10-6-1-2-7-11-18/h3-5,8-9,12-14,18H,1-2,6-7,10-11,15H2,(H,25,28). The number of nitrogens with zero attached hydrogens (tertiary/aromatic N) is 2. The third-order valence-corrected chi connectivity index (χ3v) is 5.75. The fourth-order valence-corrected chi connectivity index (χ4v) is 4.23. The van der Waals surface area contributed by atoms with Gasteiger partial charge in [0.1, 0.15) is 6.54 Å². The lowest BCUT2D eigenvalue weighted by Gasteiger charge is -2.18. The van der Waals surface area contributed by atoms with Crippen molar-refractivity contribution in [1.82, 2.24) is 14.9 Å². The number of hydrogen-bond acceptors (Lipinski definition) is 3. The number of halogens is 1. The third-order valence-electron chi connectivity index (χ3n) is 5.51. The van der Waals surface area contributed by atoms with Crippen LogP contribution in [0.25, 0.3) is 22.2 Å². The molecule has 0 bridgehead atoms. The van der Waals surface area contributed by atoms with E-state index >= 15 is 0 Å². The van der Waals surface area contributed by atoms with Gasteiger partial charge in [-0.25, -0.2) is 4.79 Å². The maximum Gasteiger partial charge on any atom is 0.349 e. The summed E-state index contributed by atoms with van der Waals surface area (Å²) < 4.78 is 1.43. The van der Waals surface area contributed by atoms with Gasteiger partial charge in [0.2, 0.25) is 5.91 Å². The molecular weight excluding hydrogens is 386 g/mol. The monoisotopic (exact) mass is 409 g/mol. The number of rotatable bonds is 4. The van der Waals surface area contributed by atoms with Gasteiger partial charge in [0.25, 0.3) is 0 Å². The molecular formula is C23H24ClN3O2. The molecule has 0 unspecified atom stereocenters. The van der Waals surface area contributed by atoms with E-state index in [0.717, 1.165) is 36.6 Å². The molecule has 0 saturated heterocycles. The van der Waals surface area contributed by atoms with E-state index in [4.69, 9.17) is 11.6 Å². The van der Waals surface area contributed by atoms with E-state index in [-0.39, 0.29) is 18.5 Å². The molecule has 5 nitrogen and oxygen atoms in total. The van der Waals surface area contributed by atoms with Crippen molar-refractivity contribution in [3.8, 4) is 11.3 Å². The molecule has 1 N–H and O–H groups in total. The fraction of sp³-hybridized carbons (Fsp3) is 0.348. The largest absolute Gasteiger partial charge is 0.352 e. The Hall–Kier alpha value is -2.66. The van der Waals surface area contributed by atoms with Crippen LogP contribution in [0.2, 0.25) is 5.02 Å². The van der Waals surface area contributed by atoms with Crippen LogP contribution in [0.3, 0.4) is 0 Å². The van der Waals surface area contributed by atoms with Crippen LogP contribution in [-0.4, -0.2) is 21.5 Å². The summed E-state index contributed by atoms with van der Waals surface area (Å²) in [5.41, 5.74) is 1.64. The highest BCUT2D eigenvalue weighted by molar-refractivity contribution is 6.31. The van der Waals surface area contributed by atoms with Gasteiger partial charge in [-0.2, -0.15) is 4.98 Å². The zero-order valence-corrected chi connectivity index (χ0v) is 17.0. The lowest BCUT2D eigenvalue weighted by atomic mass is 10.1. The summed E-state index contributed by atoms with van der Waals surface area (Å²) in [5, 5.41) is 4.42. The van der Waals surface area contributed by atoms with Crippen LogP contribution in [0.15, 0.2) is 53.3 Å². The number of nitrogens with one attached hydrogen (secondary N) is 1. The normalized spacial score (nSPS) is 15.2. The molecule has 4 rings (SSSR count). The van der Waals surface area contributed by atoms with Gasteiger partial charge in [-0.3, -0.25) is 9.36 Å². The average Bonchev–Trinajstić information content (AvgIpc) is 2.99. The zero-order chi connectivity index (χ0) is 20.2. The lowest BCUT2D eigenvalue weighted by Crippen LogP contribution is -2.39. The highest BCUT2D eigenvalue weighted by atomic mass is 35.5. The molecule has 1 aliphatic carbocycles. The van der Waals surface area contributed by atoms with Gasteiger partial charge >= 0.3 is 5.69 Å². The first-order valence-electron chi connectivity index (χ1n) is 10.2. The van der Waals surface area contributed by atoms with Crippen molar-refractivity contribution in [3.05, 3.63) is 64.0 Å². The molecule has 0 spiro atoms. The van der Waals surface area contributed by atoms with Crippen LogP contribution in [0.4, 0.5) is 0 Å². The summed E-state index contributed by atoms with van der Waals surface area (Å²) in [7, 11) is 0. The molecule has 1 saturated carbocycles. The Balaban J connectivity index is 1.69. The number of hydrogen-bond donors (Lipinski definition) is 1. The van der Waals surface area contributed by atoms with E-state index in [2.05, 4.69) is 10.3 Å². The molecule has 29 heavy (non-hydrogen) atoms. The van der Waals surface area contributed by atoms with Crippen molar-refractivity contribution in [2.75, 3.05) is 0 Å². The van der Waals surface area contributed by atoms with Crippen LogP contribution in [0.1, 0.15) is 38.5 Å². The minimum Gasteiger partial charge on any atom is -0.352 e. The predicted octanol–water partition coefficient (Wildman–Crippen LogP) is 4.56. The Morgan fingerprint density at radius 2 is 1.79 bits per heavy atom. The second-order valence-corrected chi connectivity index (χ2v) is 8.05. The first-order chi connectivity index (χ1) is 14.1. The number of benzene rings is 2. The summed E-state index contributed by atoms with van der Waals surface area (Å²) in [5.74, 6) is -0.149. The van der Waals surface area contributed by atoms with Gasteiger partial charge < -0.3 is 5.32 Å². The first kappa shape index (κ1) is 19.6. The molecule has 1 heterocycles. The molecule has 0 atom stereocenters. The van der Waals surface area contributed by atoms with Gasteiger partial charge in [0, 0.05) is 22.0 Å². The Kier molecular flexibility index (Phi) is 5.95. The van der Waals surface area contributed by atoms with Crippen molar-refractivity contribution < 1.29 is 4.79 Å². The van der Waals surface area contributed by atoms with E-state index in [1.807, 2.05) is 30.3 Å². The van der Waals surface area contributed by atoms with E-state index in [1.165, 1.54) is 17.4 Å². The summed E-state index contributed by atoms with van der Waals surface area (Å²) in [6, 6.07) is 15.0. The second-order valence-electron chi connectivity index (χ2n) is 7.61. The minimum atomic E-state index is -0.435. The topological polar surface area (TPSA) is 64.0 Å². The Labute approximate surface area is 174 Å². The van der Waals surface area contributed by atoms with Crippen LogP contribution >= 0.6 is 11.6 Å². The summed E-state index contributed by atoms with van der Waals surface area (Å²) in [4.78, 5) is 29.8. The Bertz CT molecular complexity index is 1070. The highest BCUT2D eigenvalue weighted by Gasteiger charge is 2.18. The number of carbonyl (C=O) groups is 1.